The van der Waals surface area contributed by atoms with Crippen molar-refractivity contribution in [2.45, 2.75) is 37.6 Å². The van der Waals surface area contributed by atoms with Gasteiger partial charge in [0.25, 0.3) is 0 Å². The van der Waals surface area contributed by atoms with E-state index in [4.69, 9.17) is 23.7 Å². The third kappa shape index (κ3) is 5.64. The predicted molar refractivity (Wildman–Crippen MR) is 170 cm³/mol. The number of rotatable bonds is 9. The fourth-order valence-corrected chi connectivity index (χ4v) is 7.34. The van der Waals surface area contributed by atoms with E-state index in [1.54, 1.807) is 12.1 Å². The lowest BCUT2D eigenvalue weighted by atomic mass is 9.65. The van der Waals surface area contributed by atoms with E-state index in [0.717, 1.165) is 47.7 Å². The van der Waals surface area contributed by atoms with Crippen molar-refractivity contribution < 1.29 is 38.4 Å². The van der Waals surface area contributed by atoms with E-state index < -0.39 is 11.8 Å². The third-order valence-electron chi connectivity index (χ3n) is 9.64. The van der Waals surface area contributed by atoms with Gasteiger partial charge in [-0.05, 0) is 91.2 Å². The van der Waals surface area contributed by atoms with Gasteiger partial charge >= 0.3 is 5.97 Å². The number of likely N-dealkylation sites (tertiary alicyclic amines) is 1. The summed E-state index contributed by atoms with van der Waals surface area (Å²) in [6.07, 6.45) is 4.14. The molecule has 3 aliphatic heterocycles. The first kappa shape index (κ1) is 30.0. The summed E-state index contributed by atoms with van der Waals surface area (Å²) in [5.74, 6) is 0.169. The van der Waals surface area contributed by atoms with Gasteiger partial charge in [-0.15, -0.1) is 0 Å². The van der Waals surface area contributed by atoms with E-state index >= 15 is 0 Å². The Morgan fingerprint density at radius 3 is 2.24 bits per heavy atom. The highest BCUT2D eigenvalue weighted by atomic mass is 16.7. The lowest BCUT2D eigenvalue weighted by molar-refractivity contribution is -0.141. The number of methoxy groups -OCH3 is 2. The first-order valence-electron chi connectivity index (χ1n) is 15.9. The van der Waals surface area contributed by atoms with Crippen molar-refractivity contribution in [1.82, 2.24) is 4.90 Å². The Bertz CT molecular complexity index is 1600. The number of amides is 1. The maximum atomic E-state index is 13.5. The fourth-order valence-electron chi connectivity index (χ4n) is 7.34. The van der Waals surface area contributed by atoms with Gasteiger partial charge in [0.2, 0.25) is 18.4 Å². The topological polar surface area (TPSA) is 128 Å². The number of nitrogens with one attached hydrogen (secondary N) is 2. The van der Waals surface area contributed by atoms with Crippen LogP contribution in [0.2, 0.25) is 0 Å². The molecule has 2 saturated heterocycles. The number of benzene rings is 3. The standard InChI is InChI=1S/C35H39N3O8/c1-42-28-14-20(15-29(43-2)34(28)40)31-23-16-26-27(46-19-45-26)17-24(23)33(25-18-44-35(41)32(25)31)37-22-8-6-21(7-9-22)36-30(39)10-13-38-11-4-3-5-12-38/h6-9,14-17,25,31-33,37,40H,3-5,10-13,18-19H2,1-2H3,(H,36,39)/t25-,31+,32-,33+/m0/s1. The van der Waals surface area contributed by atoms with Gasteiger partial charge in [-0.1, -0.05) is 6.42 Å². The van der Waals surface area contributed by atoms with Crippen LogP contribution in [0.5, 0.6) is 28.7 Å². The molecule has 0 bridgehead atoms. The Morgan fingerprint density at radius 1 is 0.913 bits per heavy atom. The van der Waals surface area contributed by atoms with Crippen molar-refractivity contribution >= 4 is 23.3 Å². The average molecular weight is 630 g/mol. The number of hydrogen-bond donors (Lipinski definition) is 3. The van der Waals surface area contributed by atoms with Crippen molar-refractivity contribution in [1.29, 1.82) is 0 Å². The normalized spacial score (nSPS) is 23.2. The number of carbonyl (C=O) groups excluding carboxylic acids is 2. The highest BCUT2D eigenvalue weighted by Crippen LogP contribution is 2.56. The van der Waals surface area contributed by atoms with Crippen LogP contribution in [0.25, 0.3) is 0 Å². The Morgan fingerprint density at radius 2 is 1.57 bits per heavy atom. The molecule has 11 heteroatoms. The number of anilines is 2. The number of aromatic hydroxyl groups is 1. The van der Waals surface area contributed by atoms with Gasteiger partial charge in [-0.25, -0.2) is 0 Å². The largest absolute Gasteiger partial charge is 0.502 e. The Hall–Kier alpha value is -4.64. The van der Waals surface area contributed by atoms with E-state index in [0.29, 0.717) is 17.9 Å². The molecule has 2 fully saturated rings. The maximum Gasteiger partial charge on any atom is 0.310 e. The summed E-state index contributed by atoms with van der Waals surface area (Å²) >= 11 is 0. The van der Waals surface area contributed by atoms with Crippen LogP contribution in [0.15, 0.2) is 48.5 Å². The van der Waals surface area contributed by atoms with Crippen LogP contribution >= 0.6 is 0 Å². The van der Waals surface area contributed by atoms with Crippen LogP contribution in [0, 0.1) is 11.8 Å². The number of hydrogen-bond acceptors (Lipinski definition) is 10. The third-order valence-corrected chi connectivity index (χ3v) is 9.64. The molecular formula is C35H39N3O8. The van der Waals surface area contributed by atoms with Gasteiger partial charge in [0.1, 0.15) is 0 Å². The van der Waals surface area contributed by atoms with Crippen molar-refractivity contribution in [3.05, 3.63) is 65.2 Å². The van der Waals surface area contributed by atoms with E-state index in [2.05, 4.69) is 15.5 Å². The van der Waals surface area contributed by atoms with Gasteiger partial charge in [0.15, 0.2) is 23.0 Å². The number of piperidine rings is 1. The summed E-state index contributed by atoms with van der Waals surface area (Å²) in [7, 11) is 2.95. The van der Waals surface area contributed by atoms with E-state index in [1.807, 2.05) is 36.4 Å². The van der Waals surface area contributed by atoms with Crippen LogP contribution in [-0.4, -0.2) is 69.1 Å². The molecule has 4 atom stereocenters. The van der Waals surface area contributed by atoms with E-state index in [1.165, 1.54) is 33.5 Å². The number of phenols is 1. The van der Waals surface area contributed by atoms with Crippen molar-refractivity contribution in [3.8, 4) is 28.7 Å². The molecule has 1 amide bonds. The Balaban J connectivity index is 1.17. The minimum Gasteiger partial charge on any atom is -0.502 e. The molecule has 0 unspecified atom stereocenters. The molecule has 1 aliphatic carbocycles. The molecule has 3 aromatic rings. The summed E-state index contributed by atoms with van der Waals surface area (Å²) in [6.45, 7) is 3.26. The smallest absolute Gasteiger partial charge is 0.310 e. The molecule has 3 N–H and O–H groups in total. The minimum absolute atomic E-state index is 0.00144. The summed E-state index contributed by atoms with van der Waals surface area (Å²) in [6, 6.07) is 14.7. The van der Waals surface area contributed by atoms with Gasteiger partial charge in [0, 0.05) is 36.2 Å². The maximum absolute atomic E-state index is 13.5. The van der Waals surface area contributed by atoms with Crippen LogP contribution < -0.4 is 29.6 Å². The van der Waals surface area contributed by atoms with Crippen LogP contribution in [-0.2, 0) is 14.3 Å². The molecule has 4 aliphatic rings. The molecular weight excluding hydrogens is 590 g/mol. The van der Waals surface area contributed by atoms with Gasteiger partial charge in [0.05, 0.1) is 32.8 Å². The number of fused-ring (bicyclic) bond motifs is 3. The lowest BCUT2D eigenvalue weighted by Gasteiger charge is -2.40. The van der Waals surface area contributed by atoms with E-state index in [-0.39, 0.29) is 54.5 Å². The zero-order chi connectivity index (χ0) is 31.8. The van der Waals surface area contributed by atoms with Crippen molar-refractivity contribution in [3.63, 3.8) is 0 Å². The molecule has 242 valence electrons. The summed E-state index contributed by atoms with van der Waals surface area (Å²) in [5, 5.41) is 17.3. The Labute approximate surface area is 267 Å². The molecule has 7 rings (SSSR count). The first-order valence-corrected chi connectivity index (χ1v) is 15.9. The van der Waals surface area contributed by atoms with E-state index in [9.17, 15) is 14.7 Å². The van der Waals surface area contributed by atoms with Gasteiger partial charge in [-0.2, -0.15) is 0 Å². The van der Waals surface area contributed by atoms with Gasteiger partial charge in [-0.3, -0.25) is 9.59 Å². The quantitative estimate of drug-likeness (QED) is 0.277. The molecule has 0 saturated carbocycles. The monoisotopic (exact) mass is 629 g/mol. The number of ether oxygens (including phenoxy) is 5. The second kappa shape index (κ2) is 12.6. The predicted octanol–water partition coefficient (Wildman–Crippen LogP) is 5.04. The highest BCUT2D eigenvalue weighted by molar-refractivity contribution is 5.91. The Kier molecular flexibility index (Phi) is 8.25. The minimum atomic E-state index is -0.525. The first-order chi connectivity index (χ1) is 22.4. The average Bonchev–Trinajstić information content (AvgIpc) is 3.70. The molecule has 11 nitrogen and oxygen atoms in total. The van der Waals surface area contributed by atoms with Crippen molar-refractivity contribution in [2.75, 3.05) is 57.9 Å². The number of phenolic OH excluding ortho intramolecular Hbond substituents is 1. The lowest BCUT2D eigenvalue weighted by Crippen LogP contribution is -2.37. The molecule has 0 aromatic heterocycles. The molecule has 3 heterocycles. The second-order valence-corrected chi connectivity index (χ2v) is 12.3. The second-order valence-electron chi connectivity index (χ2n) is 12.3. The molecule has 46 heavy (non-hydrogen) atoms. The van der Waals surface area contributed by atoms with Gasteiger partial charge < -0.3 is 44.3 Å². The summed E-state index contributed by atoms with van der Waals surface area (Å²) in [5.41, 5.74) is 4.15. The summed E-state index contributed by atoms with van der Waals surface area (Å²) < 4.78 is 28.2. The van der Waals surface area contributed by atoms with Crippen molar-refractivity contribution in [2.24, 2.45) is 11.8 Å². The zero-order valence-electron chi connectivity index (χ0n) is 26.0. The zero-order valence-corrected chi connectivity index (χ0v) is 26.0. The summed E-state index contributed by atoms with van der Waals surface area (Å²) in [4.78, 5) is 28.4. The van der Waals surface area contributed by atoms with Crippen LogP contribution in [0.3, 0.4) is 0 Å². The number of esters is 1. The van der Waals surface area contributed by atoms with Crippen LogP contribution in [0.4, 0.5) is 11.4 Å². The number of cyclic esters (lactones) is 1. The number of carbonyl (C=O) groups is 2. The molecule has 0 radical (unpaired) electrons. The fraction of sp³-hybridized carbons (Fsp3) is 0.429. The number of nitrogens with zero attached hydrogens (tertiary/aromatic N) is 1. The highest BCUT2D eigenvalue weighted by Gasteiger charge is 2.52. The van der Waals surface area contributed by atoms with Crippen LogP contribution in [0.1, 0.15) is 54.3 Å². The SMILES string of the molecule is COc1cc([C@@H]2c3cc4c(cc3[C@@H](Nc3ccc(NC(=O)CCN5CCCCC5)cc3)[C@H]3COC(=O)[C@H]23)OCO4)cc(OC)c1O. The molecule has 0 spiro atoms. The molecule has 3 aromatic carbocycles.